The van der Waals surface area contributed by atoms with Gasteiger partial charge in [0.2, 0.25) is 0 Å². The first kappa shape index (κ1) is 8.07. The number of carbonyl (C=O) groups excluding carboxylic acids is 2. The van der Waals surface area contributed by atoms with Crippen molar-refractivity contribution in [2.24, 2.45) is 0 Å². The van der Waals surface area contributed by atoms with Gasteiger partial charge in [-0.05, 0) is 25.4 Å². The normalized spacial score (nSPS) is 29.1. The second kappa shape index (κ2) is 4.80. The molecule has 1 fully saturated rings. The minimum absolute atomic E-state index is 0.211. The van der Waals surface area contributed by atoms with E-state index in [1.807, 2.05) is 0 Å². The molecule has 1 heterocycles. The van der Waals surface area contributed by atoms with Gasteiger partial charge in [0.05, 0.1) is 27.5 Å². The summed E-state index contributed by atoms with van der Waals surface area (Å²) in [7, 11) is 0. The number of hydrogen-bond acceptors (Lipinski definition) is 5. The second-order valence-corrected chi connectivity index (χ2v) is 4.60. The smallest absolute Gasteiger partial charge is 0.264 e. The van der Waals surface area contributed by atoms with Crippen LogP contribution in [0.3, 0.4) is 0 Å². The number of nitrogen functional groups attached to an aromatic ring is 1. The van der Waals surface area contributed by atoms with Crippen molar-refractivity contribution in [2.75, 3.05) is 5.73 Å². The number of hydrogen-bond donors (Lipinski definition) is 1. The molecular weight excluding hydrogens is 270 g/mol. The highest BCUT2D eigenvalue weighted by molar-refractivity contribution is 6.03. The first-order valence-corrected chi connectivity index (χ1v) is 6.11. The molecule has 2 aromatic rings. The molecule has 0 radical (unpaired) electrons. The van der Waals surface area contributed by atoms with E-state index in [0.29, 0.717) is 4.57 Å². The monoisotopic (exact) mass is 291 g/mol. The van der Waals surface area contributed by atoms with E-state index in [9.17, 15) is 14.4 Å². The van der Waals surface area contributed by atoms with Gasteiger partial charge in [0.25, 0.3) is 5.56 Å². The standard InChI is InChI=1S/C15H15N3O3/c1-8-17-11-4-2-3-10(16)14(11)15(21)18(8)12-6-5-9(19)7-13(12)20/h2-4,12H,5-7,16H2,1H3/i1D,2D,4D,6D2,12D. The van der Waals surface area contributed by atoms with Crippen LogP contribution in [-0.4, -0.2) is 21.1 Å². The van der Waals surface area contributed by atoms with E-state index in [1.54, 1.807) is 0 Å². The van der Waals surface area contributed by atoms with Crippen LogP contribution in [0.5, 0.6) is 0 Å². The molecule has 0 amide bonds. The molecule has 21 heavy (non-hydrogen) atoms. The first-order valence-electron chi connectivity index (χ1n) is 9.32. The maximum absolute atomic E-state index is 13.1. The fraction of sp³-hybridized carbons (Fsp3) is 0.333. The van der Waals surface area contributed by atoms with Crippen LogP contribution in [0.2, 0.25) is 0 Å². The van der Waals surface area contributed by atoms with E-state index in [4.69, 9.17) is 14.0 Å². The fourth-order valence-corrected chi connectivity index (χ4v) is 2.21. The van der Waals surface area contributed by atoms with Gasteiger partial charge in [-0.25, -0.2) is 4.98 Å². The van der Waals surface area contributed by atoms with Gasteiger partial charge in [0.15, 0.2) is 5.78 Å². The Hall–Kier alpha value is -2.50. The van der Waals surface area contributed by atoms with Crippen molar-refractivity contribution < 1.29 is 17.8 Å². The summed E-state index contributed by atoms with van der Waals surface area (Å²) in [6, 6.07) is -2.46. The van der Waals surface area contributed by atoms with E-state index in [0.717, 1.165) is 6.07 Å². The number of Topliss-reactive ketones (excluding diaryl/α,β-unsaturated/α-hetero) is 2. The van der Waals surface area contributed by atoms with E-state index < -0.39 is 61.1 Å². The number of benzene rings is 1. The van der Waals surface area contributed by atoms with Gasteiger partial charge in [-0.3, -0.25) is 19.0 Å². The second-order valence-electron chi connectivity index (χ2n) is 4.60. The molecule has 1 atom stereocenters. The Labute approximate surface area is 129 Å². The summed E-state index contributed by atoms with van der Waals surface area (Å²) in [5, 5.41) is -0.333. The zero-order chi connectivity index (χ0) is 20.3. The summed E-state index contributed by atoms with van der Waals surface area (Å²) in [6.07, 6.45) is -4.17. The number of carbonyl (C=O) groups is 2. The number of fused-ring (bicyclic) bond motifs is 1. The van der Waals surface area contributed by atoms with Gasteiger partial charge < -0.3 is 5.73 Å². The van der Waals surface area contributed by atoms with Gasteiger partial charge in [-0.1, -0.05) is 6.04 Å². The molecule has 3 rings (SSSR count). The maximum Gasteiger partial charge on any atom is 0.264 e. The number of anilines is 1. The molecule has 0 aliphatic heterocycles. The number of aromatic nitrogens is 2. The molecule has 1 unspecified atom stereocenters. The topological polar surface area (TPSA) is 95.0 Å². The maximum atomic E-state index is 13.1. The van der Waals surface area contributed by atoms with Crippen molar-refractivity contribution in [1.82, 2.24) is 9.55 Å². The minimum atomic E-state index is -2.80. The Morgan fingerprint density at radius 2 is 2.38 bits per heavy atom. The number of ketones is 2. The van der Waals surface area contributed by atoms with Crippen molar-refractivity contribution in [3.05, 3.63) is 34.3 Å². The van der Waals surface area contributed by atoms with Crippen LogP contribution < -0.4 is 11.3 Å². The van der Waals surface area contributed by atoms with Gasteiger partial charge in [0, 0.05) is 16.2 Å². The molecule has 1 saturated carbocycles. The van der Waals surface area contributed by atoms with E-state index >= 15 is 0 Å². The highest BCUT2D eigenvalue weighted by Crippen LogP contribution is 2.24. The Morgan fingerprint density at radius 1 is 1.57 bits per heavy atom. The van der Waals surface area contributed by atoms with Crippen molar-refractivity contribution in [3.8, 4) is 0 Å². The van der Waals surface area contributed by atoms with E-state index in [1.165, 1.54) is 0 Å². The van der Waals surface area contributed by atoms with Crippen molar-refractivity contribution in [3.63, 3.8) is 0 Å². The highest BCUT2D eigenvalue weighted by Gasteiger charge is 2.30. The van der Waals surface area contributed by atoms with Gasteiger partial charge >= 0.3 is 0 Å². The molecule has 1 aromatic carbocycles. The van der Waals surface area contributed by atoms with Gasteiger partial charge in [-0.2, -0.15) is 0 Å². The number of nitrogens with two attached hydrogens (primary N) is 1. The lowest BCUT2D eigenvalue weighted by Gasteiger charge is -2.24. The number of rotatable bonds is 1. The van der Waals surface area contributed by atoms with E-state index in [2.05, 4.69) is 4.98 Å². The fourth-order valence-electron chi connectivity index (χ4n) is 2.21. The average molecular weight is 291 g/mol. The SMILES string of the molecule is [2H]Cc1nc2c([2H])c([2H])cc(N)c2c(=O)n1C1([2H])C(=O)CC(=O)CC1([2H])[2H]. The minimum Gasteiger partial charge on any atom is -0.398 e. The predicted molar refractivity (Wildman–Crippen MR) is 78.1 cm³/mol. The number of nitrogens with zero attached hydrogens (tertiary/aromatic N) is 2. The van der Waals surface area contributed by atoms with Crippen molar-refractivity contribution in [2.45, 2.75) is 32.1 Å². The zero-order valence-electron chi connectivity index (χ0n) is 16.9. The molecule has 0 saturated heterocycles. The summed E-state index contributed by atoms with van der Waals surface area (Å²) < 4.78 is 48.4. The largest absolute Gasteiger partial charge is 0.398 e. The third kappa shape index (κ3) is 2.12. The third-order valence-corrected chi connectivity index (χ3v) is 3.16. The molecule has 2 N–H and O–H groups in total. The summed E-state index contributed by atoms with van der Waals surface area (Å²) in [5.74, 6) is -2.23. The summed E-state index contributed by atoms with van der Waals surface area (Å²) in [4.78, 5) is 41.2. The Morgan fingerprint density at radius 3 is 3.10 bits per heavy atom. The lowest BCUT2D eigenvalue weighted by atomic mass is 9.92. The van der Waals surface area contributed by atoms with Crippen LogP contribution in [0.4, 0.5) is 5.69 Å². The molecule has 6 heteroatoms. The molecule has 1 aromatic heterocycles. The number of aryl methyl sites for hydroxylation is 1. The first-order chi connectivity index (χ1) is 12.5. The third-order valence-electron chi connectivity index (χ3n) is 3.16. The summed E-state index contributed by atoms with van der Waals surface area (Å²) in [6.45, 7) is -0.690. The van der Waals surface area contributed by atoms with Crippen LogP contribution in [0.25, 0.3) is 10.9 Å². The summed E-state index contributed by atoms with van der Waals surface area (Å²) >= 11 is 0. The van der Waals surface area contributed by atoms with Gasteiger partial charge in [0.1, 0.15) is 11.6 Å². The Balaban J connectivity index is 2.48. The lowest BCUT2D eigenvalue weighted by Crippen LogP contribution is -2.36. The Kier molecular flexibility index (Phi) is 1.84. The quantitative estimate of drug-likeness (QED) is 0.628. The van der Waals surface area contributed by atoms with Crippen LogP contribution in [0.1, 0.15) is 39.3 Å². The Bertz CT molecular complexity index is 1070. The average Bonchev–Trinajstić information content (AvgIpc) is 2.56. The molecule has 108 valence electrons. The highest BCUT2D eigenvalue weighted by atomic mass is 16.2. The van der Waals surface area contributed by atoms with Crippen LogP contribution in [0, 0.1) is 6.90 Å². The molecule has 1 aliphatic carbocycles. The molecule has 1 aliphatic rings. The predicted octanol–water partition coefficient (Wildman–Crippen LogP) is 1.15. The molecular formula is C15H15N3O3. The van der Waals surface area contributed by atoms with E-state index in [-0.39, 0.29) is 22.6 Å². The summed E-state index contributed by atoms with van der Waals surface area (Å²) in [5.41, 5.74) is 4.26. The molecule has 0 spiro atoms. The van der Waals surface area contributed by atoms with Crippen LogP contribution >= 0.6 is 0 Å². The molecule has 0 bridgehead atoms. The lowest BCUT2D eigenvalue weighted by molar-refractivity contribution is -0.132. The van der Waals surface area contributed by atoms with Crippen LogP contribution in [0.15, 0.2) is 22.9 Å². The van der Waals surface area contributed by atoms with Gasteiger partial charge in [-0.15, -0.1) is 0 Å². The molecule has 6 nitrogen and oxygen atoms in total. The van der Waals surface area contributed by atoms with Crippen LogP contribution in [-0.2, 0) is 9.59 Å². The zero-order valence-corrected chi connectivity index (χ0v) is 10.9. The van der Waals surface area contributed by atoms with Crippen molar-refractivity contribution in [1.29, 1.82) is 0 Å². The van der Waals surface area contributed by atoms with Crippen molar-refractivity contribution >= 4 is 28.2 Å².